The van der Waals surface area contributed by atoms with Crippen LogP contribution in [0.5, 0.6) is 0 Å². The number of anilines is 1. The number of hydrogen-bond donors (Lipinski definition) is 3. The molecule has 43 heavy (non-hydrogen) atoms. The average Bonchev–Trinajstić information content (AvgIpc) is 2.89. The lowest BCUT2D eigenvalue weighted by molar-refractivity contribution is 0.0147. The van der Waals surface area contributed by atoms with Crippen molar-refractivity contribution in [2.45, 2.75) is 48.7 Å². The number of ether oxygens (including phenoxy) is 1. The summed E-state index contributed by atoms with van der Waals surface area (Å²) < 4.78 is 57.2. The summed E-state index contributed by atoms with van der Waals surface area (Å²) in [6, 6.07) is 15.6. The summed E-state index contributed by atoms with van der Waals surface area (Å²) in [6.45, 7) is 5.26. The van der Waals surface area contributed by atoms with Crippen LogP contribution in [0.2, 0.25) is 5.02 Å². The Bertz CT molecular complexity index is 1700. The molecule has 3 aromatic carbocycles. The van der Waals surface area contributed by atoms with Gasteiger partial charge in [-0.2, -0.15) is 0 Å². The number of sulfone groups is 1. The number of aliphatic hydroxyl groups excluding tert-OH is 1. The molecule has 0 unspecified atom stereocenters. The third kappa shape index (κ3) is 9.68. The SMILES string of the molecule is CC(C)(C)OC(=O)N(CCc1ccc(S(=O)(=O)c2ccc(NS(C)(=O)=O)c(C(=O)O)c2)cc1)C[C@H](O)c1cccc(Cl)c1. The second kappa shape index (κ2) is 13.3. The Morgan fingerprint density at radius 2 is 1.60 bits per heavy atom. The molecule has 0 aromatic heterocycles. The number of carbonyl (C=O) groups is 2. The maximum Gasteiger partial charge on any atom is 0.410 e. The van der Waals surface area contributed by atoms with Crippen LogP contribution in [-0.4, -0.2) is 69.0 Å². The lowest BCUT2D eigenvalue weighted by Gasteiger charge is -2.29. The van der Waals surface area contributed by atoms with E-state index in [1.807, 2.05) is 0 Å². The molecule has 3 aromatic rings. The largest absolute Gasteiger partial charge is 0.478 e. The van der Waals surface area contributed by atoms with Crippen molar-refractivity contribution in [1.29, 1.82) is 0 Å². The van der Waals surface area contributed by atoms with Crippen LogP contribution in [0.1, 0.15) is 48.4 Å². The van der Waals surface area contributed by atoms with E-state index >= 15 is 0 Å². The fourth-order valence-corrected chi connectivity index (χ4v) is 6.07. The van der Waals surface area contributed by atoms with Gasteiger partial charge in [0.05, 0.1) is 39.9 Å². The fraction of sp³-hybridized carbons (Fsp3) is 0.310. The van der Waals surface area contributed by atoms with Crippen LogP contribution in [0.15, 0.2) is 76.5 Å². The van der Waals surface area contributed by atoms with Crippen molar-refractivity contribution < 1.29 is 41.4 Å². The van der Waals surface area contributed by atoms with E-state index in [1.165, 1.54) is 17.0 Å². The number of rotatable bonds is 11. The van der Waals surface area contributed by atoms with Gasteiger partial charge in [0.15, 0.2) is 0 Å². The highest BCUT2D eigenvalue weighted by Crippen LogP contribution is 2.27. The van der Waals surface area contributed by atoms with Crippen molar-refractivity contribution in [2.75, 3.05) is 24.1 Å². The van der Waals surface area contributed by atoms with Crippen molar-refractivity contribution >= 4 is 49.2 Å². The van der Waals surface area contributed by atoms with Crippen LogP contribution in [0.3, 0.4) is 0 Å². The Hall–Kier alpha value is -3.65. The number of benzene rings is 3. The molecule has 3 rings (SSSR count). The Morgan fingerprint density at radius 3 is 2.16 bits per heavy atom. The first-order valence-electron chi connectivity index (χ1n) is 13.0. The van der Waals surface area contributed by atoms with Gasteiger partial charge >= 0.3 is 12.1 Å². The molecule has 0 fully saturated rings. The number of hydrogen-bond acceptors (Lipinski definition) is 8. The summed E-state index contributed by atoms with van der Waals surface area (Å²) >= 11 is 6.04. The zero-order valence-corrected chi connectivity index (χ0v) is 26.3. The van der Waals surface area contributed by atoms with Crippen molar-refractivity contribution in [3.8, 4) is 0 Å². The van der Waals surface area contributed by atoms with E-state index in [-0.39, 0.29) is 28.6 Å². The minimum absolute atomic E-state index is 0.0716. The molecular formula is C29H33ClN2O9S2. The zero-order chi connectivity index (χ0) is 32.2. The highest BCUT2D eigenvalue weighted by molar-refractivity contribution is 7.92. The summed E-state index contributed by atoms with van der Waals surface area (Å²) in [4.78, 5) is 25.6. The van der Waals surface area contributed by atoms with Gasteiger partial charge in [-0.1, -0.05) is 35.9 Å². The maximum absolute atomic E-state index is 13.2. The number of carboxylic acids is 1. The van der Waals surface area contributed by atoms with Gasteiger partial charge in [-0.3, -0.25) is 4.72 Å². The predicted molar refractivity (Wildman–Crippen MR) is 162 cm³/mol. The first kappa shape index (κ1) is 33.8. The van der Waals surface area contributed by atoms with Gasteiger partial charge < -0.3 is 19.8 Å². The van der Waals surface area contributed by atoms with Gasteiger partial charge in [0.2, 0.25) is 19.9 Å². The summed E-state index contributed by atoms with van der Waals surface area (Å²) in [5, 5.41) is 20.7. The van der Waals surface area contributed by atoms with E-state index in [1.54, 1.807) is 57.2 Å². The quantitative estimate of drug-likeness (QED) is 0.265. The molecule has 11 nitrogen and oxygen atoms in total. The molecule has 0 radical (unpaired) electrons. The Kier molecular flexibility index (Phi) is 10.5. The van der Waals surface area contributed by atoms with Crippen molar-refractivity contribution in [3.63, 3.8) is 0 Å². The topological polar surface area (TPSA) is 167 Å². The third-order valence-electron chi connectivity index (χ3n) is 6.01. The van der Waals surface area contributed by atoms with E-state index in [4.69, 9.17) is 16.3 Å². The van der Waals surface area contributed by atoms with E-state index < -0.39 is 49.2 Å². The third-order valence-corrected chi connectivity index (χ3v) is 8.60. The summed E-state index contributed by atoms with van der Waals surface area (Å²) in [5.74, 6) is -1.51. The maximum atomic E-state index is 13.2. The highest BCUT2D eigenvalue weighted by Gasteiger charge is 2.26. The zero-order valence-electron chi connectivity index (χ0n) is 23.9. The van der Waals surface area contributed by atoms with Gasteiger partial charge in [0.25, 0.3) is 0 Å². The van der Waals surface area contributed by atoms with Gasteiger partial charge in [-0.15, -0.1) is 0 Å². The average molecular weight is 653 g/mol. The molecule has 0 aliphatic rings. The predicted octanol–water partition coefficient (Wildman–Crippen LogP) is 4.76. The molecule has 0 spiro atoms. The van der Waals surface area contributed by atoms with Gasteiger partial charge in [-0.25, -0.2) is 26.4 Å². The summed E-state index contributed by atoms with van der Waals surface area (Å²) in [7, 11) is -7.96. The number of aromatic carboxylic acids is 1. The standard InChI is InChI=1S/C29H33ClN2O9S2/c1-29(2,3)41-28(36)32(18-26(33)20-6-5-7-21(30)16-20)15-14-19-8-10-22(11-9-19)43(39,40)23-12-13-25(31-42(4,37)38)24(17-23)27(34)35/h5-13,16-17,26,31,33H,14-15,18H2,1-4H3,(H,34,35)/t26-/m0/s1. The molecule has 3 N–H and O–H groups in total. The Labute approximate surface area is 256 Å². The smallest absolute Gasteiger partial charge is 0.410 e. The van der Waals surface area contributed by atoms with E-state index in [0.29, 0.717) is 22.6 Å². The van der Waals surface area contributed by atoms with Crippen LogP contribution in [0.4, 0.5) is 10.5 Å². The van der Waals surface area contributed by atoms with E-state index in [9.17, 15) is 36.6 Å². The number of nitrogens with zero attached hydrogens (tertiary/aromatic N) is 1. The number of carboxylic acid groups (broad SMARTS) is 1. The lowest BCUT2D eigenvalue weighted by atomic mass is 10.1. The van der Waals surface area contributed by atoms with Crippen LogP contribution in [-0.2, 0) is 31.0 Å². The van der Waals surface area contributed by atoms with Crippen LogP contribution in [0.25, 0.3) is 0 Å². The first-order valence-corrected chi connectivity index (χ1v) is 16.7. The van der Waals surface area contributed by atoms with Gasteiger partial charge in [-0.05, 0) is 80.8 Å². The lowest BCUT2D eigenvalue weighted by Crippen LogP contribution is -2.40. The van der Waals surface area contributed by atoms with Gasteiger partial charge in [0.1, 0.15) is 5.60 Å². The number of aliphatic hydroxyl groups is 1. The van der Waals surface area contributed by atoms with Crippen LogP contribution in [0, 0.1) is 0 Å². The Balaban J connectivity index is 1.80. The number of carbonyl (C=O) groups excluding carboxylic acids is 1. The molecule has 0 aliphatic heterocycles. The number of halogens is 1. The molecule has 0 aliphatic carbocycles. The molecular weight excluding hydrogens is 620 g/mol. The number of amides is 1. The monoisotopic (exact) mass is 652 g/mol. The van der Waals surface area contributed by atoms with E-state index in [0.717, 1.165) is 24.5 Å². The molecule has 14 heteroatoms. The first-order chi connectivity index (χ1) is 19.9. The summed E-state index contributed by atoms with van der Waals surface area (Å²) in [6.07, 6.45) is -0.514. The van der Waals surface area contributed by atoms with Crippen LogP contribution < -0.4 is 4.72 Å². The fourth-order valence-electron chi connectivity index (χ4n) is 4.00. The Morgan fingerprint density at radius 1 is 0.977 bits per heavy atom. The van der Waals surface area contributed by atoms with Gasteiger partial charge in [0, 0.05) is 11.6 Å². The molecule has 1 amide bonds. The molecule has 1 atom stereocenters. The minimum Gasteiger partial charge on any atom is -0.478 e. The molecule has 0 bridgehead atoms. The number of sulfonamides is 1. The molecule has 0 heterocycles. The van der Waals surface area contributed by atoms with Crippen molar-refractivity contribution in [2.24, 2.45) is 0 Å². The molecule has 0 saturated heterocycles. The second-order valence-corrected chi connectivity index (χ2v) is 14.9. The normalized spacial score (nSPS) is 12.8. The number of nitrogens with one attached hydrogen (secondary N) is 1. The van der Waals surface area contributed by atoms with Crippen LogP contribution >= 0.6 is 11.6 Å². The van der Waals surface area contributed by atoms with Crippen molar-refractivity contribution in [1.82, 2.24) is 4.90 Å². The van der Waals surface area contributed by atoms with Crippen molar-refractivity contribution in [3.05, 3.63) is 88.4 Å². The molecule has 0 saturated carbocycles. The minimum atomic E-state index is -4.16. The van der Waals surface area contributed by atoms with E-state index in [2.05, 4.69) is 4.72 Å². The highest BCUT2D eigenvalue weighted by atomic mass is 35.5. The summed E-state index contributed by atoms with van der Waals surface area (Å²) in [5.41, 5.74) is -0.346. The molecule has 232 valence electrons. The second-order valence-electron chi connectivity index (χ2n) is 10.8.